The highest BCUT2D eigenvalue weighted by atomic mass is 32.2. The number of carboxylic acids is 1. The first-order valence-electron chi connectivity index (χ1n) is 6.95. The van der Waals surface area contributed by atoms with E-state index in [-0.39, 0.29) is 12.6 Å². The number of nitrogens with zero attached hydrogens (tertiary/aromatic N) is 1. The SMILES string of the molecule is CCC1CN(C(=O)NCC2(C(=O)O)CCC2)CCS1. The molecule has 1 heterocycles. The first-order chi connectivity index (χ1) is 9.07. The second kappa shape index (κ2) is 6.03. The summed E-state index contributed by atoms with van der Waals surface area (Å²) in [6, 6.07) is -0.105. The average Bonchev–Trinajstić information content (AvgIpc) is 2.37. The van der Waals surface area contributed by atoms with Gasteiger partial charge in [0, 0.05) is 30.6 Å². The Kier molecular flexibility index (Phi) is 4.60. The van der Waals surface area contributed by atoms with Gasteiger partial charge in [-0.15, -0.1) is 0 Å². The fourth-order valence-electron chi connectivity index (χ4n) is 2.58. The van der Waals surface area contributed by atoms with Crippen molar-refractivity contribution in [3.8, 4) is 0 Å². The van der Waals surface area contributed by atoms with Crippen LogP contribution in [0.3, 0.4) is 0 Å². The number of hydrogen-bond acceptors (Lipinski definition) is 3. The van der Waals surface area contributed by atoms with Crippen LogP contribution in [0.2, 0.25) is 0 Å². The Balaban J connectivity index is 1.82. The molecule has 5 nitrogen and oxygen atoms in total. The molecule has 19 heavy (non-hydrogen) atoms. The van der Waals surface area contributed by atoms with E-state index >= 15 is 0 Å². The molecule has 2 rings (SSSR count). The lowest BCUT2D eigenvalue weighted by atomic mass is 9.69. The summed E-state index contributed by atoms with van der Waals surface area (Å²) in [4.78, 5) is 25.1. The van der Waals surface area contributed by atoms with E-state index in [0.717, 1.165) is 31.7 Å². The maximum Gasteiger partial charge on any atom is 0.317 e. The number of thioether (sulfide) groups is 1. The maximum absolute atomic E-state index is 12.1. The summed E-state index contributed by atoms with van der Waals surface area (Å²) in [5.41, 5.74) is -0.704. The normalized spacial score (nSPS) is 25.5. The molecule has 2 N–H and O–H groups in total. The first-order valence-corrected chi connectivity index (χ1v) is 8.00. The van der Waals surface area contributed by atoms with E-state index in [1.54, 1.807) is 0 Å². The van der Waals surface area contributed by atoms with E-state index in [1.165, 1.54) is 0 Å². The van der Waals surface area contributed by atoms with E-state index in [2.05, 4.69) is 12.2 Å². The van der Waals surface area contributed by atoms with Gasteiger partial charge in [0.05, 0.1) is 5.41 Å². The van der Waals surface area contributed by atoms with Gasteiger partial charge in [0.1, 0.15) is 0 Å². The summed E-state index contributed by atoms with van der Waals surface area (Å²) in [6.07, 6.45) is 3.36. The number of nitrogens with one attached hydrogen (secondary N) is 1. The van der Waals surface area contributed by atoms with E-state index in [9.17, 15) is 14.7 Å². The molecule has 1 saturated heterocycles. The highest BCUT2D eigenvalue weighted by molar-refractivity contribution is 8.00. The Morgan fingerprint density at radius 3 is 2.74 bits per heavy atom. The minimum absolute atomic E-state index is 0.105. The molecular formula is C13H22N2O3S. The molecule has 1 saturated carbocycles. The number of hydrogen-bond donors (Lipinski definition) is 2. The van der Waals surface area contributed by atoms with Crippen LogP contribution in [-0.2, 0) is 4.79 Å². The van der Waals surface area contributed by atoms with Crippen LogP contribution in [0.5, 0.6) is 0 Å². The zero-order valence-corrected chi connectivity index (χ0v) is 12.2. The lowest BCUT2D eigenvalue weighted by Gasteiger charge is -2.39. The Bertz CT molecular complexity index is 358. The number of carbonyl (C=O) groups is 2. The van der Waals surface area contributed by atoms with Crippen LogP contribution in [-0.4, -0.2) is 52.6 Å². The predicted octanol–water partition coefficient (Wildman–Crippen LogP) is 1.78. The number of amides is 2. The fourth-order valence-corrected chi connectivity index (χ4v) is 3.76. The topological polar surface area (TPSA) is 69.6 Å². The predicted molar refractivity (Wildman–Crippen MR) is 75.4 cm³/mol. The number of aliphatic carboxylic acids is 1. The molecule has 0 aromatic carbocycles. The third-order valence-electron chi connectivity index (χ3n) is 4.22. The van der Waals surface area contributed by atoms with Crippen molar-refractivity contribution in [3.05, 3.63) is 0 Å². The Hall–Kier alpha value is -0.910. The summed E-state index contributed by atoms with van der Waals surface area (Å²) in [5, 5.41) is 12.5. The van der Waals surface area contributed by atoms with Crippen LogP contribution in [0, 0.1) is 5.41 Å². The highest BCUT2D eigenvalue weighted by Crippen LogP contribution is 2.40. The number of urea groups is 1. The van der Waals surface area contributed by atoms with Gasteiger partial charge in [0.2, 0.25) is 0 Å². The smallest absolute Gasteiger partial charge is 0.317 e. The van der Waals surface area contributed by atoms with E-state index in [0.29, 0.717) is 18.1 Å². The zero-order chi connectivity index (χ0) is 13.9. The van der Waals surface area contributed by atoms with E-state index < -0.39 is 11.4 Å². The Labute approximate surface area is 118 Å². The third-order valence-corrected chi connectivity index (χ3v) is 5.60. The molecule has 1 aliphatic carbocycles. The molecule has 0 radical (unpaired) electrons. The van der Waals surface area contributed by atoms with Crippen LogP contribution in [0.4, 0.5) is 4.79 Å². The molecule has 6 heteroatoms. The van der Waals surface area contributed by atoms with Crippen molar-refractivity contribution in [1.82, 2.24) is 10.2 Å². The van der Waals surface area contributed by atoms with Crippen molar-refractivity contribution in [3.63, 3.8) is 0 Å². The number of carbonyl (C=O) groups excluding carboxylic acids is 1. The maximum atomic E-state index is 12.1. The van der Waals surface area contributed by atoms with Gasteiger partial charge in [-0.2, -0.15) is 11.8 Å². The number of rotatable bonds is 4. The molecule has 0 aromatic heterocycles. The van der Waals surface area contributed by atoms with Gasteiger partial charge < -0.3 is 15.3 Å². The summed E-state index contributed by atoms with van der Waals surface area (Å²) in [7, 11) is 0. The van der Waals surface area contributed by atoms with Crippen molar-refractivity contribution < 1.29 is 14.7 Å². The molecule has 1 aliphatic heterocycles. The fraction of sp³-hybridized carbons (Fsp3) is 0.846. The van der Waals surface area contributed by atoms with Crippen molar-refractivity contribution in [2.45, 2.75) is 37.9 Å². The largest absolute Gasteiger partial charge is 0.481 e. The standard InChI is InChI=1S/C13H22N2O3S/c1-2-10-8-15(6-7-19-10)12(18)14-9-13(11(16)17)4-3-5-13/h10H,2-9H2,1H3,(H,14,18)(H,16,17). The van der Waals surface area contributed by atoms with Gasteiger partial charge >= 0.3 is 12.0 Å². The highest BCUT2D eigenvalue weighted by Gasteiger charge is 2.44. The van der Waals surface area contributed by atoms with Gasteiger partial charge in [-0.3, -0.25) is 4.79 Å². The minimum Gasteiger partial charge on any atom is -0.481 e. The van der Waals surface area contributed by atoms with Crippen molar-refractivity contribution in [2.75, 3.05) is 25.4 Å². The molecule has 2 amide bonds. The quantitative estimate of drug-likeness (QED) is 0.826. The van der Waals surface area contributed by atoms with Crippen LogP contribution < -0.4 is 5.32 Å². The van der Waals surface area contributed by atoms with Crippen molar-refractivity contribution in [1.29, 1.82) is 0 Å². The van der Waals surface area contributed by atoms with Gasteiger partial charge in [-0.25, -0.2) is 4.79 Å². The summed E-state index contributed by atoms with van der Waals surface area (Å²) in [6.45, 7) is 3.93. The van der Waals surface area contributed by atoms with Gasteiger partial charge in [0.15, 0.2) is 0 Å². The molecule has 108 valence electrons. The molecule has 1 atom stereocenters. The van der Waals surface area contributed by atoms with Crippen molar-refractivity contribution >= 4 is 23.8 Å². The lowest BCUT2D eigenvalue weighted by molar-refractivity contribution is -0.153. The van der Waals surface area contributed by atoms with Gasteiger partial charge in [0.25, 0.3) is 0 Å². The summed E-state index contributed by atoms with van der Waals surface area (Å²) >= 11 is 1.91. The molecule has 0 aromatic rings. The van der Waals surface area contributed by atoms with Crippen LogP contribution in [0.15, 0.2) is 0 Å². The molecule has 0 spiro atoms. The van der Waals surface area contributed by atoms with E-state index in [1.807, 2.05) is 16.7 Å². The summed E-state index contributed by atoms with van der Waals surface area (Å²) in [5.74, 6) is 0.190. The van der Waals surface area contributed by atoms with Gasteiger partial charge in [-0.1, -0.05) is 13.3 Å². The van der Waals surface area contributed by atoms with Crippen LogP contribution in [0.25, 0.3) is 0 Å². The zero-order valence-electron chi connectivity index (χ0n) is 11.4. The molecule has 0 bridgehead atoms. The first kappa shape index (κ1) is 14.5. The second-order valence-electron chi connectivity index (χ2n) is 5.44. The van der Waals surface area contributed by atoms with Crippen molar-refractivity contribution in [2.24, 2.45) is 5.41 Å². The van der Waals surface area contributed by atoms with Crippen LogP contribution in [0.1, 0.15) is 32.6 Å². The molecular weight excluding hydrogens is 264 g/mol. The minimum atomic E-state index is -0.778. The number of carboxylic acid groups (broad SMARTS) is 1. The average molecular weight is 286 g/mol. The molecule has 2 aliphatic rings. The monoisotopic (exact) mass is 286 g/mol. The molecule has 2 fully saturated rings. The van der Waals surface area contributed by atoms with Gasteiger partial charge in [-0.05, 0) is 19.3 Å². The Morgan fingerprint density at radius 1 is 1.47 bits per heavy atom. The van der Waals surface area contributed by atoms with E-state index in [4.69, 9.17) is 0 Å². The summed E-state index contributed by atoms with van der Waals surface area (Å²) < 4.78 is 0. The second-order valence-corrected chi connectivity index (χ2v) is 6.85. The molecule has 1 unspecified atom stereocenters. The third kappa shape index (κ3) is 3.16. The van der Waals surface area contributed by atoms with Crippen LogP contribution >= 0.6 is 11.8 Å². The Morgan fingerprint density at radius 2 is 2.21 bits per heavy atom. The lowest BCUT2D eigenvalue weighted by Crippen LogP contribution is -2.52.